The number of benzene rings is 1. The molecule has 0 radical (unpaired) electrons. The Kier molecular flexibility index (Phi) is 3.35. The molecule has 2 heteroatoms. The lowest BCUT2D eigenvalue weighted by atomic mass is 10.0. The highest BCUT2D eigenvalue weighted by Gasteiger charge is 2.11. The van der Waals surface area contributed by atoms with Crippen molar-refractivity contribution in [1.29, 1.82) is 0 Å². The molecule has 0 spiro atoms. The summed E-state index contributed by atoms with van der Waals surface area (Å²) < 4.78 is 5.29. The minimum Gasteiger partial charge on any atom is -0.468 e. The highest BCUT2D eigenvalue weighted by Crippen LogP contribution is 2.25. The third-order valence-electron chi connectivity index (χ3n) is 2.84. The van der Waals surface area contributed by atoms with Crippen molar-refractivity contribution in [1.82, 2.24) is 0 Å². The van der Waals surface area contributed by atoms with Crippen molar-refractivity contribution in [2.45, 2.75) is 25.6 Å². The van der Waals surface area contributed by atoms with E-state index in [-0.39, 0.29) is 5.38 Å². The molecule has 0 saturated heterocycles. The maximum absolute atomic E-state index is 6.28. The summed E-state index contributed by atoms with van der Waals surface area (Å²) in [5, 5.41) is -0.0860. The third-order valence-corrected chi connectivity index (χ3v) is 3.21. The van der Waals surface area contributed by atoms with Crippen molar-refractivity contribution in [3.8, 4) is 0 Å². The highest BCUT2D eigenvalue weighted by molar-refractivity contribution is 6.20. The lowest BCUT2D eigenvalue weighted by Crippen LogP contribution is -1.95. The molecule has 2 aromatic rings. The molecule has 1 nitrogen and oxygen atoms in total. The Bertz CT molecular complexity index is 460. The van der Waals surface area contributed by atoms with Crippen molar-refractivity contribution in [2.24, 2.45) is 0 Å². The summed E-state index contributed by atoms with van der Waals surface area (Å²) in [7, 11) is 0. The van der Waals surface area contributed by atoms with Crippen LogP contribution < -0.4 is 0 Å². The SMILES string of the molecule is Cc1ccc(CC(Cl)c2ccco2)cc1C. The number of furan rings is 1. The number of aryl methyl sites for hydroxylation is 2. The van der Waals surface area contributed by atoms with E-state index in [0.717, 1.165) is 12.2 Å². The van der Waals surface area contributed by atoms with E-state index in [0.29, 0.717) is 0 Å². The first kappa shape index (κ1) is 11.3. The van der Waals surface area contributed by atoms with Crippen LogP contribution in [0, 0.1) is 13.8 Å². The predicted octanol–water partition coefficient (Wildman–Crippen LogP) is 4.42. The van der Waals surface area contributed by atoms with Crippen LogP contribution in [0.1, 0.15) is 27.8 Å². The summed E-state index contributed by atoms with van der Waals surface area (Å²) in [6.07, 6.45) is 2.46. The highest BCUT2D eigenvalue weighted by atomic mass is 35.5. The molecule has 0 saturated carbocycles. The molecule has 16 heavy (non-hydrogen) atoms. The first-order valence-electron chi connectivity index (χ1n) is 5.40. The van der Waals surface area contributed by atoms with Gasteiger partial charge in [-0.25, -0.2) is 0 Å². The normalized spacial score (nSPS) is 12.7. The van der Waals surface area contributed by atoms with E-state index < -0.39 is 0 Å². The predicted molar refractivity (Wildman–Crippen MR) is 66.9 cm³/mol. The number of hydrogen-bond acceptors (Lipinski definition) is 1. The van der Waals surface area contributed by atoms with E-state index in [9.17, 15) is 0 Å². The van der Waals surface area contributed by atoms with Gasteiger partial charge < -0.3 is 4.42 Å². The van der Waals surface area contributed by atoms with Crippen molar-refractivity contribution >= 4 is 11.6 Å². The van der Waals surface area contributed by atoms with E-state index in [4.69, 9.17) is 16.0 Å². The van der Waals surface area contributed by atoms with Gasteiger partial charge in [0, 0.05) is 0 Å². The third kappa shape index (κ3) is 2.48. The summed E-state index contributed by atoms with van der Waals surface area (Å²) in [5.41, 5.74) is 3.87. The van der Waals surface area contributed by atoms with Crippen LogP contribution in [0.25, 0.3) is 0 Å². The number of hydrogen-bond donors (Lipinski definition) is 0. The quantitative estimate of drug-likeness (QED) is 0.717. The van der Waals surface area contributed by atoms with E-state index in [1.54, 1.807) is 6.26 Å². The van der Waals surface area contributed by atoms with Crippen LogP contribution in [0.15, 0.2) is 41.0 Å². The van der Waals surface area contributed by atoms with E-state index in [1.165, 1.54) is 16.7 Å². The number of alkyl halides is 1. The average Bonchev–Trinajstić information content (AvgIpc) is 2.77. The first-order chi connectivity index (χ1) is 7.66. The van der Waals surface area contributed by atoms with Crippen LogP contribution in [-0.4, -0.2) is 0 Å². The number of halogens is 1. The van der Waals surface area contributed by atoms with Gasteiger partial charge in [0.2, 0.25) is 0 Å². The first-order valence-corrected chi connectivity index (χ1v) is 5.84. The van der Waals surface area contributed by atoms with Crippen molar-refractivity contribution < 1.29 is 4.42 Å². The molecule has 2 rings (SSSR count). The zero-order valence-corrected chi connectivity index (χ0v) is 10.3. The average molecular weight is 235 g/mol. The molecule has 1 aromatic heterocycles. The zero-order valence-electron chi connectivity index (χ0n) is 9.53. The standard InChI is InChI=1S/C14H15ClO/c1-10-5-6-12(8-11(10)2)9-13(15)14-4-3-7-16-14/h3-8,13H,9H2,1-2H3. The second-order valence-electron chi connectivity index (χ2n) is 4.11. The molecule has 0 amide bonds. The Morgan fingerprint density at radius 1 is 1.19 bits per heavy atom. The fraction of sp³-hybridized carbons (Fsp3) is 0.286. The van der Waals surface area contributed by atoms with Gasteiger partial charge in [0.15, 0.2) is 0 Å². The Morgan fingerprint density at radius 3 is 2.62 bits per heavy atom. The van der Waals surface area contributed by atoms with Crippen molar-refractivity contribution in [3.63, 3.8) is 0 Å². The molecule has 1 atom stereocenters. The monoisotopic (exact) mass is 234 g/mol. The molecule has 1 unspecified atom stereocenters. The molecule has 0 bridgehead atoms. The van der Waals surface area contributed by atoms with E-state index in [2.05, 4.69) is 32.0 Å². The second-order valence-corrected chi connectivity index (χ2v) is 4.63. The summed E-state index contributed by atoms with van der Waals surface area (Å²) >= 11 is 6.28. The van der Waals surface area contributed by atoms with Crippen molar-refractivity contribution in [2.75, 3.05) is 0 Å². The molecule has 0 aliphatic rings. The second kappa shape index (κ2) is 4.75. The Morgan fingerprint density at radius 2 is 2.00 bits per heavy atom. The Balaban J connectivity index is 2.12. The van der Waals surface area contributed by atoms with Crippen LogP contribution >= 0.6 is 11.6 Å². The lowest BCUT2D eigenvalue weighted by Gasteiger charge is -2.08. The lowest BCUT2D eigenvalue weighted by molar-refractivity contribution is 0.502. The Labute approximate surface area is 101 Å². The molecule has 1 heterocycles. The van der Waals surface area contributed by atoms with Gasteiger partial charge in [0.25, 0.3) is 0 Å². The van der Waals surface area contributed by atoms with Crippen LogP contribution in [-0.2, 0) is 6.42 Å². The van der Waals surface area contributed by atoms with Crippen molar-refractivity contribution in [3.05, 3.63) is 59.0 Å². The van der Waals surface area contributed by atoms with Gasteiger partial charge in [-0.3, -0.25) is 0 Å². The van der Waals surface area contributed by atoms with Gasteiger partial charge >= 0.3 is 0 Å². The van der Waals surface area contributed by atoms with Gasteiger partial charge in [-0.1, -0.05) is 18.2 Å². The summed E-state index contributed by atoms with van der Waals surface area (Å²) in [6, 6.07) is 10.2. The topological polar surface area (TPSA) is 13.1 Å². The molecular formula is C14H15ClO. The number of rotatable bonds is 3. The van der Waals surface area contributed by atoms with Gasteiger partial charge in [-0.2, -0.15) is 0 Å². The van der Waals surface area contributed by atoms with Gasteiger partial charge in [0.05, 0.1) is 11.6 Å². The Hall–Kier alpha value is -1.21. The summed E-state index contributed by atoms with van der Waals surface area (Å²) in [4.78, 5) is 0. The van der Waals surface area contributed by atoms with Gasteiger partial charge in [-0.05, 0) is 49.1 Å². The minimum absolute atomic E-state index is 0.0860. The minimum atomic E-state index is -0.0860. The largest absolute Gasteiger partial charge is 0.468 e. The summed E-state index contributed by atoms with van der Waals surface area (Å²) in [6.45, 7) is 4.23. The molecular weight excluding hydrogens is 220 g/mol. The van der Waals surface area contributed by atoms with E-state index >= 15 is 0 Å². The molecule has 84 valence electrons. The molecule has 0 N–H and O–H groups in total. The fourth-order valence-electron chi connectivity index (χ4n) is 1.71. The van der Waals surface area contributed by atoms with Gasteiger partial charge in [0.1, 0.15) is 5.76 Å². The fourth-order valence-corrected chi connectivity index (χ4v) is 2.01. The molecule has 0 fully saturated rings. The zero-order chi connectivity index (χ0) is 11.5. The molecule has 0 aliphatic heterocycles. The smallest absolute Gasteiger partial charge is 0.121 e. The van der Waals surface area contributed by atoms with Gasteiger partial charge in [-0.15, -0.1) is 11.6 Å². The van der Waals surface area contributed by atoms with E-state index in [1.807, 2.05) is 12.1 Å². The van der Waals surface area contributed by atoms with Crippen LogP contribution in [0.4, 0.5) is 0 Å². The maximum Gasteiger partial charge on any atom is 0.121 e. The van der Waals surface area contributed by atoms with Crippen LogP contribution in [0.5, 0.6) is 0 Å². The summed E-state index contributed by atoms with van der Waals surface area (Å²) in [5.74, 6) is 0.833. The molecule has 1 aromatic carbocycles. The van der Waals surface area contributed by atoms with Crippen LogP contribution in [0.3, 0.4) is 0 Å². The maximum atomic E-state index is 6.28. The molecule has 0 aliphatic carbocycles. The van der Waals surface area contributed by atoms with Crippen LogP contribution in [0.2, 0.25) is 0 Å².